The highest BCUT2D eigenvalue weighted by atomic mass is 16.5. The molecule has 6 heteroatoms. The summed E-state index contributed by atoms with van der Waals surface area (Å²) in [5, 5.41) is 14.6. The maximum absolute atomic E-state index is 11.7. The van der Waals surface area contributed by atoms with Crippen LogP contribution in [0.4, 0.5) is 5.69 Å². The molecule has 0 aromatic heterocycles. The largest absolute Gasteiger partial charge is 0.493 e. The van der Waals surface area contributed by atoms with Crippen LogP contribution in [0.3, 0.4) is 0 Å². The van der Waals surface area contributed by atoms with E-state index in [0.717, 1.165) is 0 Å². The number of carbonyl (C=O) groups excluding carboxylic acids is 1. The Balaban J connectivity index is 2.68. The van der Waals surface area contributed by atoms with Crippen LogP contribution < -0.4 is 20.1 Å². The van der Waals surface area contributed by atoms with E-state index in [2.05, 4.69) is 10.6 Å². The fourth-order valence-electron chi connectivity index (χ4n) is 1.52. The van der Waals surface area contributed by atoms with Crippen molar-refractivity contribution in [2.24, 2.45) is 0 Å². The van der Waals surface area contributed by atoms with Crippen LogP contribution in [0.15, 0.2) is 18.2 Å². The SMILES string of the molecule is COc1ccc(NC(=O)CNC(C)C)cc1OCCO. The van der Waals surface area contributed by atoms with Gasteiger partial charge in [-0.3, -0.25) is 4.79 Å². The molecule has 0 heterocycles. The monoisotopic (exact) mass is 282 g/mol. The number of carbonyl (C=O) groups is 1. The molecule has 3 N–H and O–H groups in total. The van der Waals surface area contributed by atoms with Crippen LogP contribution in [0.2, 0.25) is 0 Å². The highest BCUT2D eigenvalue weighted by molar-refractivity contribution is 5.92. The van der Waals surface area contributed by atoms with Gasteiger partial charge in [0.25, 0.3) is 0 Å². The Morgan fingerprint density at radius 1 is 1.35 bits per heavy atom. The van der Waals surface area contributed by atoms with Gasteiger partial charge in [0.15, 0.2) is 11.5 Å². The Hall–Kier alpha value is -1.79. The minimum atomic E-state index is -0.128. The molecule has 0 bridgehead atoms. The van der Waals surface area contributed by atoms with Gasteiger partial charge in [0.1, 0.15) is 6.61 Å². The number of nitrogens with one attached hydrogen (secondary N) is 2. The first-order valence-corrected chi connectivity index (χ1v) is 6.51. The summed E-state index contributed by atoms with van der Waals surface area (Å²) < 4.78 is 10.5. The molecule has 1 rings (SSSR count). The fourth-order valence-corrected chi connectivity index (χ4v) is 1.52. The van der Waals surface area contributed by atoms with Crippen LogP contribution in [0, 0.1) is 0 Å². The fraction of sp³-hybridized carbons (Fsp3) is 0.500. The third-order valence-corrected chi connectivity index (χ3v) is 2.47. The van der Waals surface area contributed by atoms with Gasteiger partial charge in [-0.15, -0.1) is 0 Å². The van der Waals surface area contributed by atoms with Gasteiger partial charge in [-0.05, 0) is 12.1 Å². The van der Waals surface area contributed by atoms with E-state index < -0.39 is 0 Å². The summed E-state index contributed by atoms with van der Waals surface area (Å²) in [6.45, 7) is 4.28. The van der Waals surface area contributed by atoms with Crippen LogP contribution in [0.25, 0.3) is 0 Å². The topological polar surface area (TPSA) is 79.8 Å². The Kier molecular flexibility index (Phi) is 6.83. The maximum Gasteiger partial charge on any atom is 0.238 e. The van der Waals surface area contributed by atoms with E-state index in [1.165, 1.54) is 7.11 Å². The lowest BCUT2D eigenvalue weighted by atomic mass is 10.2. The van der Waals surface area contributed by atoms with E-state index >= 15 is 0 Å². The molecule has 0 saturated heterocycles. The van der Waals surface area contributed by atoms with Gasteiger partial charge in [-0.25, -0.2) is 0 Å². The molecule has 1 aromatic carbocycles. The number of rotatable bonds is 8. The van der Waals surface area contributed by atoms with Crippen LogP contribution in [0.1, 0.15) is 13.8 Å². The molecule has 1 amide bonds. The van der Waals surface area contributed by atoms with E-state index in [4.69, 9.17) is 14.6 Å². The zero-order valence-electron chi connectivity index (χ0n) is 12.1. The highest BCUT2D eigenvalue weighted by Crippen LogP contribution is 2.30. The van der Waals surface area contributed by atoms with Crippen molar-refractivity contribution in [3.05, 3.63) is 18.2 Å². The molecule has 20 heavy (non-hydrogen) atoms. The molecular weight excluding hydrogens is 260 g/mol. The molecule has 0 aliphatic rings. The van der Waals surface area contributed by atoms with Gasteiger partial charge in [0, 0.05) is 17.8 Å². The Morgan fingerprint density at radius 2 is 2.10 bits per heavy atom. The Labute approximate surface area is 119 Å². The van der Waals surface area contributed by atoms with Crippen LogP contribution >= 0.6 is 0 Å². The molecule has 6 nitrogen and oxygen atoms in total. The van der Waals surface area contributed by atoms with Crippen molar-refractivity contribution >= 4 is 11.6 Å². The number of hydrogen-bond donors (Lipinski definition) is 3. The summed E-state index contributed by atoms with van der Waals surface area (Å²) in [5.74, 6) is 0.907. The Bertz CT molecular complexity index is 435. The highest BCUT2D eigenvalue weighted by Gasteiger charge is 2.08. The summed E-state index contributed by atoms with van der Waals surface area (Å²) in [7, 11) is 1.53. The molecular formula is C14H22N2O4. The molecule has 112 valence electrons. The molecule has 0 saturated carbocycles. The van der Waals surface area contributed by atoms with Gasteiger partial charge in [0.05, 0.1) is 20.3 Å². The number of ether oxygens (including phenoxy) is 2. The van der Waals surface area contributed by atoms with Crippen molar-refractivity contribution < 1.29 is 19.4 Å². The third kappa shape index (κ3) is 5.46. The van der Waals surface area contributed by atoms with Crippen molar-refractivity contribution in [3.8, 4) is 11.5 Å². The maximum atomic E-state index is 11.7. The lowest BCUT2D eigenvalue weighted by Crippen LogP contribution is -2.32. The average molecular weight is 282 g/mol. The predicted molar refractivity (Wildman–Crippen MR) is 77.3 cm³/mol. The third-order valence-electron chi connectivity index (χ3n) is 2.47. The summed E-state index contributed by atoms with van der Waals surface area (Å²) in [4.78, 5) is 11.7. The summed E-state index contributed by atoms with van der Waals surface area (Å²) in [5.41, 5.74) is 0.620. The second-order valence-corrected chi connectivity index (χ2v) is 4.52. The molecule has 0 fully saturated rings. The first kappa shape index (κ1) is 16.3. The van der Waals surface area contributed by atoms with Gasteiger partial charge < -0.3 is 25.2 Å². The molecule has 0 radical (unpaired) electrons. The molecule has 0 unspecified atom stereocenters. The number of hydrogen-bond acceptors (Lipinski definition) is 5. The molecule has 0 aliphatic heterocycles. The number of methoxy groups -OCH3 is 1. The van der Waals surface area contributed by atoms with Crippen molar-refractivity contribution in [2.75, 3.05) is 32.2 Å². The van der Waals surface area contributed by atoms with E-state index in [1.54, 1.807) is 18.2 Å². The van der Waals surface area contributed by atoms with E-state index in [1.807, 2.05) is 13.8 Å². The van der Waals surface area contributed by atoms with Crippen molar-refractivity contribution in [3.63, 3.8) is 0 Å². The van der Waals surface area contributed by atoms with Crippen LogP contribution in [0.5, 0.6) is 11.5 Å². The number of aliphatic hydroxyl groups is 1. The van der Waals surface area contributed by atoms with Gasteiger partial charge >= 0.3 is 0 Å². The quantitative estimate of drug-likeness (QED) is 0.663. The van der Waals surface area contributed by atoms with E-state index in [-0.39, 0.29) is 31.7 Å². The molecule has 0 atom stereocenters. The predicted octanol–water partition coefficient (Wildman–Crippen LogP) is 1.00. The summed E-state index contributed by atoms with van der Waals surface area (Å²) in [6, 6.07) is 5.36. The van der Waals surface area contributed by atoms with E-state index in [9.17, 15) is 4.79 Å². The van der Waals surface area contributed by atoms with Gasteiger partial charge in [0.2, 0.25) is 5.91 Å². The first-order valence-electron chi connectivity index (χ1n) is 6.51. The number of anilines is 1. The Morgan fingerprint density at radius 3 is 2.70 bits per heavy atom. The van der Waals surface area contributed by atoms with Crippen molar-refractivity contribution in [2.45, 2.75) is 19.9 Å². The average Bonchev–Trinajstić information content (AvgIpc) is 2.43. The first-order chi connectivity index (χ1) is 9.56. The second kappa shape index (κ2) is 8.39. The zero-order valence-corrected chi connectivity index (χ0v) is 12.1. The van der Waals surface area contributed by atoms with Gasteiger partial charge in [-0.1, -0.05) is 13.8 Å². The number of amides is 1. The van der Waals surface area contributed by atoms with E-state index in [0.29, 0.717) is 17.2 Å². The molecule has 0 aliphatic carbocycles. The summed E-state index contributed by atoms with van der Waals surface area (Å²) >= 11 is 0. The normalized spacial score (nSPS) is 10.4. The van der Waals surface area contributed by atoms with Crippen LogP contribution in [-0.4, -0.2) is 43.9 Å². The minimum absolute atomic E-state index is 0.0853. The number of aliphatic hydroxyl groups excluding tert-OH is 1. The van der Waals surface area contributed by atoms with Crippen molar-refractivity contribution in [1.29, 1.82) is 0 Å². The van der Waals surface area contributed by atoms with Gasteiger partial charge in [-0.2, -0.15) is 0 Å². The standard InChI is InChI=1S/C14H22N2O4/c1-10(2)15-9-14(18)16-11-4-5-12(19-3)13(8-11)20-7-6-17/h4-5,8,10,15,17H,6-7,9H2,1-3H3,(H,16,18). The smallest absolute Gasteiger partial charge is 0.238 e. The zero-order chi connectivity index (χ0) is 15.0. The number of benzene rings is 1. The lowest BCUT2D eigenvalue weighted by molar-refractivity contribution is -0.115. The van der Waals surface area contributed by atoms with Crippen LogP contribution in [-0.2, 0) is 4.79 Å². The minimum Gasteiger partial charge on any atom is -0.493 e. The molecule has 1 aromatic rings. The van der Waals surface area contributed by atoms with Crippen molar-refractivity contribution in [1.82, 2.24) is 5.32 Å². The second-order valence-electron chi connectivity index (χ2n) is 4.52. The molecule has 0 spiro atoms. The lowest BCUT2D eigenvalue weighted by Gasteiger charge is -2.13. The summed E-state index contributed by atoms with van der Waals surface area (Å²) in [6.07, 6.45) is 0.